The molecule has 0 aliphatic carbocycles. The predicted octanol–water partition coefficient (Wildman–Crippen LogP) is 3.20. The van der Waals surface area contributed by atoms with Gasteiger partial charge in [-0.25, -0.2) is 0 Å². The largest absolute Gasteiger partial charge is 0.494 e. The number of esters is 1. The molecule has 27 heavy (non-hydrogen) atoms. The van der Waals surface area contributed by atoms with Crippen LogP contribution in [-0.4, -0.2) is 68.3 Å². The van der Waals surface area contributed by atoms with Crippen molar-refractivity contribution in [3.05, 3.63) is 30.3 Å². The van der Waals surface area contributed by atoms with Crippen LogP contribution in [0.4, 0.5) is 0 Å². The number of ether oxygens (including phenoxy) is 2. The lowest BCUT2D eigenvalue weighted by molar-refractivity contribution is -0.161. The van der Waals surface area contributed by atoms with Crippen molar-refractivity contribution >= 4 is 5.97 Å². The number of carbonyl (C=O) groups is 1. The van der Waals surface area contributed by atoms with E-state index in [0.29, 0.717) is 25.7 Å². The number of piperidine rings is 2. The van der Waals surface area contributed by atoms with Crippen molar-refractivity contribution in [2.45, 2.75) is 45.1 Å². The quantitative estimate of drug-likeness (QED) is 0.686. The molecule has 0 saturated carbocycles. The molecular weight excluding hydrogens is 340 g/mol. The Bertz CT molecular complexity index is 586. The van der Waals surface area contributed by atoms with Crippen molar-refractivity contribution in [3.63, 3.8) is 0 Å². The van der Waals surface area contributed by atoms with Crippen LogP contribution in [0.25, 0.3) is 0 Å². The van der Waals surface area contributed by atoms with Gasteiger partial charge in [-0.05, 0) is 77.8 Å². The Labute approximate surface area is 163 Å². The van der Waals surface area contributed by atoms with Gasteiger partial charge in [-0.1, -0.05) is 18.2 Å². The van der Waals surface area contributed by atoms with Gasteiger partial charge in [-0.15, -0.1) is 0 Å². The van der Waals surface area contributed by atoms with E-state index in [1.807, 2.05) is 37.3 Å². The third kappa shape index (κ3) is 5.23. The summed E-state index contributed by atoms with van der Waals surface area (Å²) in [4.78, 5) is 17.9. The van der Waals surface area contributed by atoms with Crippen LogP contribution in [0.1, 0.15) is 39.0 Å². The van der Waals surface area contributed by atoms with Crippen LogP contribution in [0.3, 0.4) is 0 Å². The summed E-state index contributed by atoms with van der Waals surface area (Å²) in [5.41, 5.74) is -0.438. The highest BCUT2D eigenvalue weighted by molar-refractivity contribution is 5.77. The Kier molecular flexibility index (Phi) is 7.13. The summed E-state index contributed by atoms with van der Waals surface area (Å²) in [6.07, 6.45) is 5.04. The zero-order valence-electron chi connectivity index (χ0n) is 16.9. The fraction of sp³-hybridized carbons (Fsp3) is 0.682. The minimum atomic E-state index is -0.438. The lowest BCUT2D eigenvalue weighted by Crippen LogP contribution is -2.54. The van der Waals surface area contributed by atoms with Gasteiger partial charge < -0.3 is 14.4 Å². The van der Waals surface area contributed by atoms with E-state index >= 15 is 0 Å². The molecule has 1 aromatic rings. The third-order valence-corrected chi connectivity index (χ3v) is 6.11. The Balaban J connectivity index is 1.65. The highest BCUT2D eigenvalue weighted by atomic mass is 16.5. The number of benzene rings is 1. The molecule has 3 rings (SSSR count). The molecule has 1 atom stereocenters. The second kappa shape index (κ2) is 9.56. The predicted molar refractivity (Wildman–Crippen MR) is 107 cm³/mol. The average molecular weight is 375 g/mol. The van der Waals surface area contributed by atoms with E-state index in [0.717, 1.165) is 44.8 Å². The summed E-state index contributed by atoms with van der Waals surface area (Å²) in [5, 5.41) is 0. The first-order valence-corrected chi connectivity index (χ1v) is 10.4. The maximum atomic E-state index is 12.9. The molecule has 150 valence electrons. The first-order valence-electron chi connectivity index (χ1n) is 10.4. The molecule has 2 aliphatic heterocycles. The minimum Gasteiger partial charge on any atom is -0.494 e. The van der Waals surface area contributed by atoms with Gasteiger partial charge in [0.25, 0.3) is 0 Å². The Morgan fingerprint density at radius 1 is 1.19 bits per heavy atom. The molecule has 1 aromatic carbocycles. The number of hydrogen-bond acceptors (Lipinski definition) is 5. The summed E-state index contributed by atoms with van der Waals surface area (Å²) in [7, 11) is 2.19. The highest BCUT2D eigenvalue weighted by Gasteiger charge is 2.45. The van der Waals surface area contributed by atoms with Crippen LogP contribution in [0.15, 0.2) is 30.3 Å². The van der Waals surface area contributed by atoms with Crippen molar-refractivity contribution in [3.8, 4) is 5.75 Å². The van der Waals surface area contributed by atoms with Crippen LogP contribution in [-0.2, 0) is 9.53 Å². The molecule has 5 nitrogen and oxygen atoms in total. The number of nitrogens with zero attached hydrogens (tertiary/aromatic N) is 2. The van der Waals surface area contributed by atoms with E-state index in [-0.39, 0.29) is 5.97 Å². The molecule has 0 bridgehead atoms. The van der Waals surface area contributed by atoms with E-state index in [1.54, 1.807) is 0 Å². The average Bonchev–Trinajstić information content (AvgIpc) is 2.70. The summed E-state index contributed by atoms with van der Waals surface area (Å²) < 4.78 is 11.4. The molecule has 2 fully saturated rings. The molecular formula is C22H34N2O3. The smallest absolute Gasteiger partial charge is 0.313 e. The molecule has 2 heterocycles. The van der Waals surface area contributed by atoms with E-state index in [9.17, 15) is 4.79 Å². The number of hydrogen-bond donors (Lipinski definition) is 0. The van der Waals surface area contributed by atoms with Crippen molar-refractivity contribution in [2.24, 2.45) is 5.41 Å². The molecule has 0 aromatic heterocycles. The summed E-state index contributed by atoms with van der Waals surface area (Å²) in [5.74, 6) is 0.818. The fourth-order valence-corrected chi connectivity index (χ4v) is 4.48. The topological polar surface area (TPSA) is 42.0 Å². The Hall–Kier alpha value is -1.59. The van der Waals surface area contributed by atoms with Gasteiger partial charge in [0.1, 0.15) is 5.75 Å². The van der Waals surface area contributed by atoms with Crippen molar-refractivity contribution in [2.75, 3.05) is 46.4 Å². The van der Waals surface area contributed by atoms with Gasteiger partial charge >= 0.3 is 5.97 Å². The highest BCUT2D eigenvalue weighted by Crippen LogP contribution is 2.37. The molecule has 0 amide bonds. The molecule has 2 saturated heterocycles. The van der Waals surface area contributed by atoms with Gasteiger partial charge in [-0.2, -0.15) is 0 Å². The van der Waals surface area contributed by atoms with Crippen molar-refractivity contribution in [1.29, 1.82) is 0 Å². The lowest BCUT2D eigenvalue weighted by atomic mass is 9.76. The first-order chi connectivity index (χ1) is 13.1. The molecule has 0 N–H and O–H groups in total. The molecule has 5 heteroatoms. The molecule has 0 spiro atoms. The summed E-state index contributed by atoms with van der Waals surface area (Å²) in [6, 6.07) is 10.4. The maximum Gasteiger partial charge on any atom is 0.313 e. The Morgan fingerprint density at radius 2 is 1.93 bits per heavy atom. The van der Waals surface area contributed by atoms with Crippen LogP contribution in [0.2, 0.25) is 0 Å². The maximum absolute atomic E-state index is 12.9. The van der Waals surface area contributed by atoms with Gasteiger partial charge in [-0.3, -0.25) is 9.69 Å². The second-order valence-corrected chi connectivity index (χ2v) is 8.02. The van der Waals surface area contributed by atoms with Gasteiger partial charge in [0.2, 0.25) is 0 Å². The number of carbonyl (C=O) groups excluding carboxylic acids is 1. The van der Waals surface area contributed by atoms with E-state index in [4.69, 9.17) is 9.47 Å². The standard InChI is InChI=1S/C22H34N2O3/c1-3-26-21(25)22(13-17-27-20-8-5-4-6-9-20)12-7-14-24(18-22)19-10-15-23(2)16-11-19/h4-6,8-9,19H,3,7,10-18H2,1-2H3. The number of likely N-dealkylation sites (tertiary alicyclic amines) is 2. The Morgan fingerprint density at radius 3 is 2.63 bits per heavy atom. The minimum absolute atomic E-state index is 0.0423. The fourth-order valence-electron chi connectivity index (χ4n) is 4.48. The van der Waals surface area contributed by atoms with E-state index in [2.05, 4.69) is 16.8 Å². The molecule has 2 aliphatic rings. The summed E-state index contributed by atoms with van der Waals surface area (Å²) in [6.45, 7) is 7.06. The van der Waals surface area contributed by atoms with Crippen LogP contribution < -0.4 is 4.74 Å². The normalized spacial score (nSPS) is 25.3. The monoisotopic (exact) mass is 374 g/mol. The zero-order chi connectivity index (χ0) is 19.1. The lowest BCUT2D eigenvalue weighted by Gasteiger charge is -2.46. The van der Waals surface area contributed by atoms with E-state index < -0.39 is 5.41 Å². The van der Waals surface area contributed by atoms with Crippen LogP contribution >= 0.6 is 0 Å². The van der Waals surface area contributed by atoms with E-state index in [1.165, 1.54) is 12.8 Å². The van der Waals surface area contributed by atoms with Gasteiger partial charge in [0.15, 0.2) is 0 Å². The van der Waals surface area contributed by atoms with Crippen molar-refractivity contribution < 1.29 is 14.3 Å². The van der Waals surface area contributed by atoms with Crippen LogP contribution in [0.5, 0.6) is 5.75 Å². The molecule has 0 radical (unpaired) electrons. The number of para-hydroxylation sites is 1. The third-order valence-electron chi connectivity index (χ3n) is 6.11. The van der Waals surface area contributed by atoms with Crippen molar-refractivity contribution in [1.82, 2.24) is 9.80 Å². The summed E-state index contributed by atoms with van der Waals surface area (Å²) >= 11 is 0. The molecule has 1 unspecified atom stereocenters. The number of rotatable bonds is 7. The SMILES string of the molecule is CCOC(=O)C1(CCOc2ccccc2)CCCN(C2CCN(C)CC2)C1. The van der Waals surface area contributed by atoms with Crippen LogP contribution in [0, 0.1) is 5.41 Å². The van der Waals surface area contributed by atoms with Gasteiger partial charge in [0.05, 0.1) is 18.6 Å². The second-order valence-electron chi connectivity index (χ2n) is 8.02. The zero-order valence-corrected chi connectivity index (χ0v) is 16.9. The van der Waals surface area contributed by atoms with Gasteiger partial charge in [0, 0.05) is 12.6 Å². The first kappa shape index (κ1) is 20.2.